The van der Waals surface area contributed by atoms with Gasteiger partial charge in [0.1, 0.15) is 11.5 Å². The normalized spacial score (nSPS) is 10.8. The smallest absolute Gasteiger partial charge is 0.355 e. The summed E-state index contributed by atoms with van der Waals surface area (Å²) in [5, 5.41) is 12.5. The first-order valence-corrected chi connectivity index (χ1v) is 6.74. The van der Waals surface area contributed by atoms with Crippen LogP contribution >= 0.6 is 0 Å². The second-order valence-corrected chi connectivity index (χ2v) is 4.98. The van der Waals surface area contributed by atoms with E-state index in [1.807, 2.05) is 6.92 Å². The van der Waals surface area contributed by atoms with Gasteiger partial charge in [-0.25, -0.2) is 14.2 Å². The lowest BCUT2D eigenvalue weighted by Gasteiger charge is -2.12. The summed E-state index contributed by atoms with van der Waals surface area (Å²) in [6.45, 7) is 2.22. The summed E-state index contributed by atoms with van der Waals surface area (Å²) in [5.41, 5.74) is 2.84. The Balaban J connectivity index is 1.95. The predicted octanol–water partition coefficient (Wildman–Crippen LogP) is 3.09. The Morgan fingerprint density at radius 1 is 1.36 bits per heavy atom. The largest absolute Gasteiger partial charge is 0.476 e. The maximum absolute atomic E-state index is 13.3. The number of nitrogens with zero attached hydrogens (tertiary/aromatic N) is 2. The molecule has 0 amide bonds. The van der Waals surface area contributed by atoms with E-state index in [0.29, 0.717) is 17.9 Å². The van der Waals surface area contributed by atoms with E-state index in [-0.39, 0.29) is 11.5 Å². The molecule has 112 valence electrons. The number of halogens is 1. The SMILES string of the molecule is Cc1ccc(F)cc1CNc1ccc2nccn2c1C(=O)O. The first-order chi connectivity index (χ1) is 10.6. The highest BCUT2D eigenvalue weighted by Gasteiger charge is 2.15. The standard InChI is InChI=1S/C16H14FN3O2/c1-10-2-3-12(17)8-11(10)9-19-13-4-5-14-18-6-7-20(14)15(13)16(21)22/h2-8,19H,9H2,1H3,(H,21,22). The van der Waals surface area contributed by atoms with Crippen LogP contribution in [0.2, 0.25) is 0 Å². The molecule has 0 unspecified atom stereocenters. The van der Waals surface area contributed by atoms with Gasteiger partial charge in [-0.3, -0.25) is 4.40 Å². The zero-order valence-corrected chi connectivity index (χ0v) is 11.9. The van der Waals surface area contributed by atoms with Crippen molar-refractivity contribution in [3.63, 3.8) is 0 Å². The number of pyridine rings is 1. The van der Waals surface area contributed by atoms with Crippen LogP contribution in [0.15, 0.2) is 42.7 Å². The van der Waals surface area contributed by atoms with Gasteiger partial charge in [-0.1, -0.05) is 6.07 Å². The van der Waals surface area contributed by atoms with Crippen molar-refractivity contribution in [1.29, 1.82) is 0 Å². The summed E-state index contributed by atoms with van der Waals surface area (Å²) < 4.78 is 14.8. The van der Waals surface area contributed by atoms with Crippen molar-refractivity contribution in [3.8, 4) is 0 Å². The average Bonchev–Trinajstić information content (AvgIpc) is 2.95. The average molecular weight is 299 g/mol. The van der Waals surface area contributed by atoms with E-state index in [1.165, 1.54) is 16.5 Å². The zero-order chi connectivity index (χ0) is 15.7. The molecule has 0 spiro atoms. The van der Waals surface area contributed by atoms with Gasteiger partial charge in [0.05, 0.1) is 5.69 Å². The lowest BCUT2D eigenvalue weighted by Crippen LogP contribution is -2.11. The fraction of sp³-hybridized carbons (Fsp3) is 0.125. The Kier molecular flexibility index (Phi) is 3.50. The molecule has 1 aromatic carbocycles. The van der Waals surface area contributed by atoms with Gasteiger partial charge in [-0.2, -0.15) is 0 Å². The van der Waals surface area contributed by atoms with Crippen LogP contribution in [0.1, 0.15) is 21.6 Å². The third kappa shape index (κ3) is 2.50. The Morgan fingerprint density at radius 3 is 2.95 bits per heavy atom. The number of carbonyl (C=O) groups is 1. The van der Waals surface area contributed by atoms with Crippen molar-refractivity contribution in [2.45, 2.75) is 13.5 Å². The number of hydrogen-bond donors (Lipinski definition) is 2. The number of benzene rings is 1. The third-order valence-corrected chi connectivity index (χ3v) is 3.55. The highest BCUT2D eigenvalue weighted by molar-refractivity contribution is 5.93. The first kappa shape index (κ1) is 14.1. The first-order valence-electron chi connectivity index (χ1n) is 6.74. The molecule has 3 aromatic rings. The van der Waals surface area contributed by atoms with Crippen LogP contribution < -0.4 is 5.32 Å². The molecule has 0 saturated carbocycles. The second-order valence-electron chi connectivity index (χ2n) is 4.98. The van der Waals surface area contributed by atoms with E-state index in [9.17, 15) is 14.3 Å². The van der Waals surface area contributed by atoms with E-state index in [2.05, 4.69) is 10.3 Å². The fourth-order valence-electron chi connectivity index (χ4n) is 2.38. The summed E-state index contributed by atoms with van der Waals surface area (Å²) >= 11 is 0. The summed E-state index contributed by atoms with van der Waals surface area (Å²) in [4.78, 5) is 15.6. The number of anilines is 1. The monoisotopic (exact) mass is 299 g/mol. The van der Waals surface area contributed by atoms with Crippen LogP contribution in [0.5, 0.6) is 0 Å². The van der Waals surface area contributed by atoms with E-state index < -0.39 is 5.97 Å². The van der Waals surface area contributed by atoms with Gasteiger partial charge in [0.25, 0.3) is 0 Å². The van der Waals surface area contributed by atoms with Gasteiger partial charge < -0.3 is 10.4 Å². The molecule has 0 radical (unpaired) electrons. The zero-order valence-electron chi connectivity index (χ0n) is 11.9. The maximum Gasteiger partial charge on any atom is 0.355 e. The van der Waals surface area contributed by atoms with E-state index in [1.54, 1.807) is 30.6 Å². The summed E-state index contributed by atoms with van der Waals surface area (Å²) in [5.74, 6) is -1.37. The molecule has 0 saturated heterocycles. The number of hydrogen-bond acceptors (Lipinski definition) is 3. The van der Waals surface area contributed by atoms with Crippen molar-refractivity contribution >= 4 is 17.3 Å². The molecule has 0 aliphatic carbocycles. The van der Waals surface area contributed by atoms with Crippen LogP contribution in [0.25, 0.3) is 5.65 Å². The number of aryl methyl sites for hydroxylation is 1. The molecule has 3 rings (SSSR count). The van der Waals surface area contributed by atoms with Crippen LogP contribution in [0.3, 0.4) is 0 Å². The molecule has 2 heterocycles. The van der Waals surface area contributed by atoms with Crippen LogP contribution in [0.4, 0.5) is 10.1 Å². The lowest BCUT2D eigenvalue weighted by molar-refractivity contribution is 0.0690. The molecule has 22 heavy (non-hydrogen) atoms. The van der Waals surface area contributed by atoms with Crippen molar-refractivity contribution < 1.29 is 14.3 Å². The summed E-state index contributed by atoms with van der Waals surface area (Å²) in [6, 6.07) is 7.94. The molecule has 5 nitrogen and oxygen atoms in total. The van der Waals surface area contributed by atoms with Crippen molar-refractivity contribution in [2.75, 3.05) is 5.32 Å². The Labute approximate surface area is 126 Å². The molecule has 0 atom stereocenters. The van der Waals surface area contributed by atoms with Gasteiger partial charge in [-0.05, 0) is 42.3 Å². The molecule has 0 aliphatic heterocycles. The Bertz CT molecular complexity index is 858. The number of imidazole rings is 1. The van der Waals surface area contributed by atoms with E-state index in [0.717, 1.165) is 11.1 Å². The van der Waals surface area contributed by atoms with Crippen LogP contribution in [0, 0.1) is 12.7 Å². The summed E-state index contributed by atoms with van der Waals surface area (Å²) in [7, 11) is 0. The highest BCUT2D eigenvalue weighted by Crippen LogP contribution is 2.20. The van der Waals surface area contributed by atoms with Gasteiger partial charge in [0.2, 0.25) is 0 Å². The van der Waals surface area contributed by atoms with Crippen molar-refractivity contribution in [3.05, 3.63) is 65.4 Å². The molecule has 0 bridgehead atoms. The number of rotatable bonds is 4. The number of aromatic carboxylic acids is 1. The Morgan fingerprint density at radius 2 is 2.18 bits per heavy atom. The molecule has 0 aliphatic rings. The molecule has 0 fully saturated rings. The van der Waals surface area contributed by atoms with E-state index in [4.69, 9.17) is 0 Å². The fourth-order valence-corrected chi connectivity index (χ4v) is 2.38. The third-order valence-electron chi connectivity index (χ3n) is 3.55. The topological polar surface area (TPSA) is 66.6 Å². The van der Waals surface area contributed by atoms with Crippen molar-refractivity contribution in [1.82, 2.24) is 9.38 Å². The lowest BCUT2D eigenvalue weighted by atomic mass is 10.1. The van der Waals surface area contributed by atoms with Gasteiger partial charge in [0, 0.05) is 18.9 Å². The number of aromatic nitrogens is 2. The van der Waals surface area contributed by atoms with Crippen LogP contribution in [-0.2, 0) is 6.54 Å². The molecular formula is C16H14FN3O2. The predicted molar refractivity (Wildman–Crippen MR) is 80.6 cm³/mol. The number of fused-ring (bicyclic) bond motifs is 1. The van der Waals surface area contributed by atoms with Crippen molar-refractivity contribution in [2.24, 2.45) is 0 Å². The molecule has 2 N–H and O–H groups in total. The minimum atomic E-state index is -1.05. The molecular weight excluding hydrogens is 285 g/mol. The molecule has 2 aromatic heterocycles. The quantitative estimate of drug-likeness (QED) is 0.777. The summed E-state index contributed by atoms with van der Waals surface area (Å²) in [6.07, 6.45) is 3.14. The number of nitrogens with one attached hydrogen (secondary N) is 1. The maximum atomic E-state index is 13.3. The second kappa shape index (κ2) is 5.48. The van der Waals surface area contributed by atoms with E-state index >= 15 is 0 Å². The van der Waals surface area contributed by atoms with Crippen LogP contribution in [-0.4, -0.2) is 20.5 Å². The minimum absolute atomic E-state index is 0.101. The Hall–Kier alpha value is -2.89. The van der Waals surface area contributed by atoms with Gasteiger partial charge in [0.15, 0.2) is 5.69 Å². The minimum Gasteiger partial charge on any atom is -0.476 e. The highest BCUT2D eigenvalue weighted by atomic mass is 19.1. The number of carboxylic acid groups (broad SMARTS) is 1. The molecule has 6 heteroatoms. The number of carboxylic acids is 1. The van der Waals surface area contributed by atoms with Gasteiger partial charge >= 0.3 is 5.97 Å². The van der Waals surface area contributed by atoms with Gasteiger partial charge in [-0.15, -0.1) is 0 Å².